The Morgan fingerprint density at radius 3 is 2.19 bits per heavy atom. The fourth-order valence-electron chi connectivity index (χ4n) is 1.83. The molecule has 0 unspecified atom stereocenters. The molecule has 0 aliphatic heterocycles. The molecule has 0 fully saturated rings. The van der Waals surface area contributed by atoms with Crippen molar-refractivity contribution in [3.05, 3.63) is 5.69 Å². The monoisotopic (exact) mass is 300 g/mol. The lowest BCUT2D eigenvalue weighted by Crippen LogP contribution is -2.14. The van der Waals surface area contributed by atoms with Gasteiger partial charge in [0.2, 0.25) is 0 Å². The van der Waals surface area contributed by atoms with E-state index in [1.807, 2.05) is 6.92 Å². The highest BCUT2D eigenvalue weighted by atomic mass is 16.5. The van der Waals surface area contributed by atoms with Gasteiger partial charge in [0.15, 0.2) is 5.82 Å². The maximum absolute atomic E-state index is 5.71. The molecule has 1 heterocycles. The van der Waals surface area contributed by atoms with Crippen LogP contribution < -0.4 is 5.73 Å². The second kappa shape index (κ2) is 11.5. The first kappa shape index (κ1) is 17.9. The van der Waals surface area contributed by atoms with E-state index in [-0.39, 0.29) is 0 Å². The third-order valence-corrected chi connectivity index (χ3v) is 3.04. The fourth-order valence-corrected chi connectivity index (χ4v) is 1.83. The van der Waals surface area contributed by atoms with Gasteiger partial charge < -0.3 is 19.9 Å². The Morgan fingerprint density at radius 2 is 1.57 bits per heavy atom. The number of anilines is 1. The minimum absolute atomic E-state index is 0.504. The molecule has 0 atom stereocenters. The maximum atomic E-state index is 5.71. The number of unbranched alkanes of at least 4 members (excludes halogenated alkanes) is 1. The average molecular weight is 300 g/mol. The summed E-state index contributed by atoms with van der Waals surface area (Å²) in [6.45, 7) is 8.65. The summed E-state index contributed by atoms with van der Waals surface area (Å²) >= 11 is 0. The van der Waals surface area contributed by atoms with E-state index in [9.17, 15) is 0 Å². The van der Waals surface area contributed by atoms with Crippen LogP contribution in [-0.4, -0.2) is 54.6 Å². The molecule has 0 saturated carbocycles. The summed E-state index contributed by atoms with van der Waals surface area (Å²) in [6.07, 6.45) is 3.08. The van der Waals surface area contributed by atoms with Crippen molar-refractivity contribution in [2.75, 3.05) is 45.4 Å². The van der Waals surface area contributed by atoms with Crippen LogP contribution in [0, 0.1) is 0 Å². The van der Waals surface area contributed by atoms with Crippen molar-refractivity contribution in [1.29, 1.82) is 0 Å². The van der Waals surface area contributed by atoms with Crippen LogP contribution in [0.2, 0.25) is 0 Å². The van der Waals surface area contributed by atoms with Crippen molar-refractivity contribution in [2.24, 2.45) is 0 Å². The van der Waals surface area contributed by atoms with Crippen molar-refractivity contribution in [2.45, 2.75) is 39.7 Å². The lowest BCUT2D eigenvalue weighted by molar-refractivity contribution is 0.0122. The van der Waals surface area contributed by atoms with Gasteiger partial charge in [-0.3, -0.25) is 0 Å². The Labute approximate surface area is 126 Å². The summed E-state index contributed by atoms with van der Waals surface area (Å²) in [5.41, 5.74) is 6.67. The molecule has 1 aromatic rings. The van der Waals surface area contributed by atoms with Gasteiger partial charge in [-0.15, -0.1) is 5.10 Å². The summed E-state index contributed by atoms with van der Waals surface area (Å²) in [7, 11) is 0. The highest BCUT2D eigenvalue weighted by molar-refractivity contribution is 5.32. The molecule has 0 aliphatic carbocycles. The third kappa shape index (κ3) is 7.40. The van der Waals surface area contributed by atoms with Gasteiger partial charge in [-0.25, -0.2) is 4.68 Å². The molecule has 7 heteroatoms. The normalized spacial score (nSPS) is 11.1. The molecule has 122 valence electrons. The number of nitrogen functional groups attached to an aromatic ring is 1. The molecule has 0 spiro atoms. The van der Waals surface area contributed by atoms with E-state index in [2.05, 4.69) is 17.2 Å². The van der Waals surface area contributed by atoms with Crippen LogP contribution in [0.15, 0.2) is 0 Å². The zero-order valence-electron chi connectivity index (χ0n) is 13.2. The van der Waals surface area contributed by atoms with Gasteiger partial charge >= 0.3 is 0 Å². The molecule has 1 rings (SSSR count). The molecule has 0 aliphatic rings. The minimum Gasteiger partial charge on any atom is -0.381 e. The number of rotatable bonds is 13. The Balaban J connectivity index is 1.93. The summed E-state index contributed by atoms with van der Waals surface area (Å²) in [4.78, 5) is 0. The highest BCUT2D eigenvalue weighted by Crippen LogP contribution is 2.07. The van der Waals surface area contributed by atoms with Crippen molar-refractivity contribution < 1.29 is 14.2 Å². The number of hydrogen-bond acceptors (Lipinski definition) is 6. The minimum atomic E-state index is 0.504. The third-order valence-electron chi connectivity index (χ3n) is 3.04. The molecule has 0 aromatic carbocycles. The number of hydrogen-bond donors (Lipinski definition) is 1. The van der Waals surface area contributed by atoms with Crippen LogP contribution in [0.1, 0.15) is 32.4 Å². The van der Waals surface area contributed by atoms with E-state index >= 15 is 0 Å². The fraction of sp³-hybridized carbons (Fsp3) is 0.857. The first-order valence-corrected chi connectivity index (χ1v) is 7.70. The molecular formula is C14H28N4O3. The molecule has 1 aromatic heterocycles. The van der Waals surface area contributed by atoms with Crippen molar-refractivity contribution in [1.82, 2.24) is 15.0 Å². The number of aromatic nitrogens is 3. The van der Waals surface area contributed by atoms with E-state index in [0.29, 0.717) is 45.4 Å². The second-order valence-electron chi connectivity index (χ2n) is 4.69. The summed E-state index contributed by atoms with van der Waals surface area (Å²) < 4.78 is 18.1. The topological polar surface area (TPSA) is 84.4 Å². The van der Waals surface area contributed by atoms with Gasteiger partial charge in [-0.05, 0) is 12.8 Å². The van der Waals surface area contributed by atoms with Gasteiger partial charge in [-0.2, -0.15) is 0 Å². The van der Waals surface area contributed by atoms with Crippen LogP contribution in [0.25, 0.3) is 0 Å². The van der Waals surface area contributed by atoms with Gasteiger partial charge in [0.25, 0.3) is 0 Å². The number of nitrogens with zero attached hydrogens (tertiary/aromatic N) is 3. The lowest BCUT2D eigenvalue weighted by Gasteiger charge is -2.07. The zero-order chi connectivity index (χ0) is 15.3. The van der Waals surface area contributed by atoms with E-state index in [1.54, 1.807) is 4.68 Å². The van der Waals surface area contributed by atoms with E-state index in [1.165, 1.54) is 0 Å². The summed E-state index contributed by atoms with van der Waals surface area (Å²) in [5.74, 6) is 0.504. The van der Waals surface area contributed by atoms with E-state index in [0.717, 1.165) is 31.6 Å². The smallest absolute Gasteiger partial charge is 0.169 e. The van der Waals surface area contributed by atoms with Crippen molar-refractivity contribution >= 4 is 5.82 Å². The van der Waals surface area contributed by atoms with Gasteiger partial charge in [0.1, 0.15) is 0 Å². The molecule has 0 radical (unpaired) electrons. The molecule has 0 saturated heterocycles. The molecule has 0 bridgehead atoms. The molecular weight excluding hydrogens is 272 g/mol. The Kier molecular flexibility index (Phi) is 9.77. The number of nitrogens with two attached hydrogens (primary N) is 1. The number of ether oxygens (including phenoxy) is 3. The van der Waals surface area contributed by atoms with Gasteiger partial charge in [-0.1, -0.05) is 25.5 Å². The predicted octanol–water partition coefficient (Wildman–Crippen LogP) is 1.27. The Morgan fingerprint density at radius 1 is 0.952 bits per heavy atom. The molecule has 2 N–H and O–H groups in total. The van der Waals surface area contributed by atoms with Crippen LogP contribution in [0.3, 0.4) is 0 Å². The van der Waals surface area contributed by atoms with Gasteiger partial charge in [0, 0.05) is 6.61 Å². The largest absolute Gasteiger partial charge is 0.381 e. The van der Waals surface area contributed by atoms with Crippen LogP contribution >= 0.6 is 0 Å². The zero-order valence-corrected chi connectivity index (χ0v) is 13.2. The summed E-state index contributed by atoms with van der Waals surface area (Å²) in [5, 5.41) is 7.84. The van der Waals surface area contributed by atoms with Crippen LogP contribution in [0.5, 0.6) is 0 Å². The Hall–Kier alpha value is -1.18. The first-order chi connectivity index (χ1) is 10.3. The van der Waals surface area contributed by atoms with Crippen molar-refractivity contribution in [3.63, 3.8) is 0 Å². The van der Waals surface area contributed by atoms with Crippen LogP contribution in [-0.2, 0) is 27.2 Å². The molecule has 21 heavy (non-hydrogen) atoms. The average Bonchev–Trinajstić information content (AvgIpc) is 2.85. The lowest BCUT2D eigenvalue weighted by atomic mass is 10.3. The quantitative estimate of drug-likeness (QED) is 0.552. The van der Waals surface area contributed by atoms with Gasteiger partial charge in [0.05, 0.1) is 45.3 Å². The molecule has 7 nitrogen and oxygen atoms in total. The molecule has 0 amide bonds. The highest BCUT2D eigenvalue weighted by Gasteiger charge is 2.06. The van der Waals surface area contributed by atoms with Crippen molar-refractivity contribution in [3.8, 4) is 0 Å². The second-order valence-corrected chi connectivity index (χ2v) is 4.69. The van der Waals surface area contributed by atoms with Crippen LogP contribution in [0.4, 0.5) is 5.82 Å². The predicted molar refractivity (Wildman–Crippen MR) is 81.2 cm³/mol. The van der Waals surface area contributed by atoms with E-state index < -0.39 is 0 Å². The maximum Gasteiger partial charge on any atom is 0.169 e. The van der Waals surface area contributed by atoms with E-state index in [4.69, 9.17) is 19.9 Å². The summed E-state index contributed by atoms with van der Waals surface area (Å²) in [6, 6.07) is 0. The SMILES string of the molecule is CCCCOCCOCCOCCn1nnc(N)c1CC. The first-order valence-electron chi connectivity index (χ1n) is 7.70. The standard InChI is InChI=1S/C14H28N4O3/c1-3-5-7-19-9-11-21-12-10-20-8-6-18-13(4-2)14(15)16-17-18/h3-12,15H2,1-2H3. The Bertz CT molecular complexity index is 371.